The fourth-order valence-electron chi connectivity index (χ4n) is 4.49. The van der Waals surface area contributed by atoms with E-state index in [-0.39, 0.29) is 5.41 Å². The zero-order valence-corrected chi connectivity index (χ0v) is 16.8. The lowest BCUT2D eigenvalue weighted by Gasteiger charge is -2.27. The van der Waals surface area contributed by atoms with E-state index in [1.165, 1.54) is 22.3 Å². The van der Waals surface area contributed by atoms with Crippen LogP contribution in [0.5, 0.6) is 0 Å². The molecule has 0 spiro atoms. The molecule has 0 fully saturated rings. The van der Waals surface area contributed by atoms with Gasteiger partial charge in [0.2, 0.25) is 0 Å². The SMILES string of the molecule is [B]c1ccc(N(c2ccccc2)c2ccc3c(c2)-c2ccccc2C3(C)C)cc1. The Hall–Kier alpha value is -3.26. The number of benzene rings is 4. The summed E-state index contributed by atoms with van der Waals surface area (Å²) in [6.07, 6.45) is 0. The first kappa shape index (κ1) is 17.8. The lowest BCUT2D eigenvalue weighted by atomic mass is 9.82. The van der Waals surface area contributed by atoms with Crippen molar-refractivity contribution in [2.75, 3.05) is 4.90 Å². The van der Waals surface area contributed by atoms with Gasteiger partial charge in [0.15, 0.2) is 0 Å². The lowest BCUT2D eigenvalue weighted by Crippen LogP contribution is -2.15. The minimum Gasteiger partial charge on any atom is -0.310 e. The van der Waals surface area contributed by atoms with Crippen molar-refractivity contribution in [1.82, 2.24) is 0 Å². The van der Waals surface area contributed by atoms with E-state index in [2.05, 4.69) is 97.6 Å². The molecule has 29 heavy (non-hydrogen) atoms. The molecule has 4 aromatic rings. The van der Waals surface area contributed by atoms with Gasteiger partial charge in [0.25, 0.3) is 0 Å². The molecule has 1 aliphatic rings. The van der Waals surface area contributed by atoms with Crippen molar-refractivity contribution in [2.24, 2.45) is 0 Å². The first-order chi connectivity index (χ1) is 14.1. The Morgan fingerprint density at radius 1 is 0.586 bits per heavy atom. The average molecular weight is 371 g/mol. The van der Waals surface area contributed by atoms with Crippen molar-refractivity contribution in [3.05, 3.63) is 108 Å². The van der Waals surface area contributed by atoms with Gasteiger partial charge in [-0.25, -0.2) is 0 Å². The van der Waals surface area contributed by atoms with Gasteiger partial charge in [-0.2, -0.15) is 0 Å². The van der Waals surface area contributed by atoms with Crippen LogP contribution < -0.4 is 10.4 Å². The van der Waals surface area contributed by atoms with E-state index in [1.807, 2.05) is 18.2 Å². The minimum atomic E-state index is 0.0171. The average Bonchev–Trinajstić information content (AvgIpc) is 2.98. The molecule has 0 N–H and O–H groups in total. The minimum absolute atomic E-state index is 0.0171. The first-order valence-electron chi connectivity index (χ1n) is 10.0. The maximum atomic E-state index is 5.94. The molecule has 1 nitrogen and oxygen atoms in total. The molecule has 0 atom stereocenters. The van der Waals surface area contributed by atoms with Crippen molar-refractivity contribution in [2.45, 2.75) is 19.3 Å². The smallest absolute Gasteiger partial charge is 0.113 e. The van der Waals surface area contributed by atoms with Gasteiger partial charge in [0.1, 0.15) is 7.85 Å². The van der Waals surface area contributed by atoms with Crippen LogP contribution in [0.2, 0.25) is 0 Å². The number of para-hydroxylation sites is 1. The maximum Gasteiger partial charge on any atom is 0.113 e. The molecule has 0 bridgehead atoms. The predicted octanol–water partition coefficient (Wildman–Crippen LogP) is 6.26. The van der Waals surface area contributed by atoms with Crippen LogP contribution in [-0.2, 0) is 5.41 Å². The molecule has 1 aliphatic carbocycles. The van der Waals surface area contributed by atoms with Crippen molar-refractivity contribution in [3.8, 4) is 11.1 Å². The van der Waals surface area contributed by atoms with E-state index in [9.17, 15) is 0 Å². The normalized spacial score (nSPS) is 13.6. The molecule has 0 unspecified atom stereocenters. The van der Waals surface area contributed by atoms with Gasteiger partial charge in [-0.3, -0.25) is 0 Å². The third-order valence-corrected chi connectivity index (χ3v) is 5.99. The van der Waals surface area contributed by atoms with Crippen LogP contribution in [-0.4, -0.2) is 7.85 Å². The van der Waals surface area contributed by atoms with Crippen molar-refractivity contribution >= 4 is 30.4 Å². The largest absolute Gasteiger partial charge is 0.310 e. The predicted molar refractivity (Wildman–Crippen MR) is 124 cm³/mol. The molecule has 0 saturated carbocycles. The van der Waals surface area contributed by atoms with Gasteiger partial charge >= 0.3 is 0 Å². The van der Waals surface area contributed by atoms with Gasteiger partial charge in [0.05, 0.1) is 0 Å². The van der Waals surface area contributed by atoms with E-state index >= 15 is 0 Å². The first-order valence-corrected chi connectivity index (χ1v) is 10.0. The monoisotopic (exact) mass is 371 g/mol. The molecule has 138 valence electrons. The molecule has 0 amide bonds. The lowest BCUT2D eigenvalue weighted by molar-refractivity contribution is 0.660. The van der Waals surface area contributed by atoms with Crippen LogP contribution in [0.3, 0.4) is 0 Å². The van der Waals surface area contributed by atoms with Crippen LogP contribution in [0.15, 0.2) is 97.1 Å². The van der Waals surface area contributed by atoms with Crippen LogP contribution >= 0.6 is 0 Å². The number of anilines is 3. The summed E-state index contributed by atoms with van der Waals surface area (Å²) in [4.78, 5) is 2.29. The maximum absolute atomic E-state index is 5.94. The highest BCUT2D eigenvalue weighted by Crippen LogP contribution is 2.50. The second-order valence-corrected chi connectivity index (χ2v) is 8.16. The summed E-state index contributed by atoms with van der Waals surface area (Å²) in [5, 5.41) is 0. The van der Waals surface area contributed by atoms with Crippen LogP contribution in [0.4, 0.5) is 17.1 Å². The zero-order valence-electron chi connectivity index (χ0n) is 16.8. The van der Waals surface area contributed by atoms with Gasteiger partial charge in [-0.05, 0) is 58.7 Å². The molecule has 2 radical (unpaired) electrons. The Morgan fingerprint density at radius 2 is 1.17 bits per heavy atom. The highest BCUT2D eigenvalue weighted by atomic mass is 15.1. The van der Waals surface area contributed by atoms with Crippen LogP contribution in [0.25, 0.3) is 11.1 Å². The van der Waals surface area contributed by atoms with Crippen molar-refractivity contribution in [3.63, 3.8) is 0 Å². The van der Waals surface area contributed by atoms with Crippen LogP contribution in [0, 0.1) is 0 Å². The fraction of sp³-hybridized carbons (Fsp3) is 0.111. The third kappa shape index (κ3) is 2.87. The summed E-state index contributed by atoms with van der Waals surface area (Å²) in [6, 6.07) is 34.2. The number of hydrogen-bond donors (Lipinski definition) is 0. The summed E-state index contributed by atoms with van der Waals surface area (Å²) in [5.74, 6) is 0. The molecule has 2 heteroatoms. The Labute approximate surface area is 174 Å². The van der Waals surface area contributed by atoms with E-state index in [0.29, 0.717) is 0 Å². The summed E-state index contributed by atoms with van der Waals surface area (Å²) >= 11 is 0. The number of rotatable bonds is 3. The second-order valence-electron chi connectivity index (χ2n) is 8.16. The molecule has 0 aromatic heterocycles. The summed E-state index contributed by atoms with van der Waals surface area (Å²) in [5.41, 5.74) is 9.58. The van der Waals surface area contributed by atoms with Gasteiger partial charge in [-0.15, -0.1) is 0 Å². The fourth-order valence-corrected chi connectivity index (χ4v) is 4.49. The highest BCUT2D eigenvalue weighted by molar-refractivity contribution is 6.32. The van der Waals surface area contributed by atoms with Gasteiger partial charge in [0, 0.05) is 22.5 Å². The van der Waals surface area contributed by atoms with E-state index in [1.54, 1.807) is 0 Å². The molecule has 5 rings (SSSR count). The molecule has 0 heterocycles. The zero-order chi connectivity index (χ0) is 20.0. The Balaban J connectivity index is 1.71. The van der Waals surface area contributed by atoms with E-state index < -0.39 is 0 Å². The summed E-state index contributed by atoms with van der Waals surface area (Å²) < 4.78 is 0. The van der Waals surface area contributed by atoms with Gasteiger partial charge < -0.3 is 4.90 Å². The number of nitrogens with zero attached hydrogens (tertiary/aromatic N) is 1. The van der Waals surface area contributed by atoms with Gasteiger partial charge in [-0.1, -0.05) is 80.0 Å². The molecule has 0 aliphatic heterocycles. The Morgan fingerprint density at radius 3 is 1.93 bits per heavy atom. The van der Waals surface area contributed by atoms with Crippen molar-refractivity contribution < 1.29 is 0 Å². The topological polar surface area (TPSA) is 3.24 Å². The summed E-state index contributed by atoms with van der Waals surface area (Å²) in [7, 11) is 5.94. The summed E-state index contributed by atoms with van der Waals surface area (Å²) in [6.45, 7) is 4.62. The quantitative estimate of drug-likeness (QED) is 0.385. The molecule has 4 aromatic carbocycles. The standard InChI is InChI=1S/C27H22BN/c1-27(2)25-11-7-6-10-23(25)24-18-22(16-17-26(24)27)29(20-8-4-3-5-9-20)21-14-12-19(28)13-15-21/h3-18H,1-2H3. The number of hydrogen-bond acceptors (Lipinski definition) is 1. The third-order valence-electron chi connectivity index (χ3n) is 5.99. The molecule has 0 saturated heterocycles. The van der Waals surface area contributed by atoms with Crippen molar-refractivity contribution in [1.29, 1.82) is 0 Å². The highest BCUT2D eigenvalue weighted by Gasteiger charge is 2.35. The second kappa shape index (κ2) is 6.67. The Kier molecular flexibility index (Phi) is 4.10. The van der Waals surface area contributed by atoms with Crippen LogP contribution in [0.1, 0.15) is 25.0 Å². The number of fused-ring (bicyclic) bond motifs is 3. The molecular weight excluding hydrogens is 349 g/mol. The van der Waals surface area contributed by atoms with E-state index in [4.69, 9.17) is 7.85 Å². The Bertz CT molecular complexity index is 1180. The molecular formula is C27H22BN. The van der Waals surface area contributed by atoms with E-state index in [0.717, 1.165) is 22.5 Å².